The van der Waals surface area contributed by atoms with Gasteiger partial charge in [0.1, 0.15) is 26.4 Å². The zero-order valence-electron chi connectivity index (χ0n) is 15.8. The topological polar surface area (TPSA) is 98.2 Å². The van der Waals surface area contributed by atoms with Gasteiger partial charge >= 0.3 is 0 Å². The van der Waals surface area contributed by atoms with Crippen LogP contribution in [0.25, 0.3) is 0 Å². The number of para-hydroxylation sites is 2. The van der Waals surface area contributed by atoms with Gasteiger partial charge in [0, 0.05) is 11.8 Å². The lowest BCUT2D eigenvalue weighted by Crippen LogP contribution is -2.12. The van der Waals surface area contributed by atoms with Gasteiger partial charge in [0.15, 0.2) is 23.0 Å². The summed E-state index contributed by atoms with van der Waals surface area (Å²) in [6, 6.07) is 12.9. The maximum atomic E-state index is 5.81. The van der Waals surface area contributed by atoms with E-state index in [4.69, 9.17) is 29.4 Å². The van der Waals surface area contributed by atoms with Crippen LogP contribution in [0.1, 0.15) is 0 Å². The van der Waals surface area contributed by atoms with Crippen molar-refractivity contribution in [2.45, 2.75) is 0 Å². The van der Waals surface area contributed by atoms with E-state index in [9.17, 15) is 0 Å². The minimum atomic E-state index is 0. The molecule has 9 heteroatoms. The van der Waals surface area contributed by atoms with Crippen LogP contribution in [0.3, 0.4) is 0 Å². The molecule has 3 rings (SSSR count). The summed E-state index contributed by atoms with van der Waals surface area (Å²) in [5, 5.41) is 0. The molecule has 2 aromatic rings. The summed E-state index contributed by atoms with van der Waals surface area (Å²) in [5.74, 6) is 2.61. The molecular weight excluding hydrogens is 407 g/mol. The zero-order chi connectivity index (χ0) is 18.6. The van der Waals surface area contributed by atoms with E-state index in [-0.39, 0.29) is 24.8 Å². The zero-order valence-corrected chi connectivity index (χ0v) is 17.4. The van der Waals surface area contributed by atoms with E-state index in [2.05, 4.69) is 5.73 Å². The van der Waals surface area contributed by atoms with Crippen LogP contribution in [-0.2, 0) is 4.74 Å². The van der Waals surface area contributed by atoms with Crippen LogP contribution in [0.5, 0.6) is 23.0 Å². The van der Waals surface area contributed by atoms with E-state index in [1.54, 1.807) is 18.2 Å². The van der Waals surface area contributed by atoms with Crippen LogP contribution >= 0.6 is 24.8 Å². The molecule has 28 heavy (non-hydrogen) atoms. The van der Waals surface area contributed by atoms with Crippen molar-refractivity contribution in [3.8, 4) is 23.0 Å². The monoisotopic (exact) mass is 434 g/mol. The molecule has 0 amide bonds. The molecule has 1 heterocycles. The summed E-state index contributed by atoms with van der Waals surface area (Å²) in [7, 11) is 1.50. The van der Waals surface area contributed by atoms with Gasteiger partial charge in [0.2, 0.25) is 0 Å². The number of benzene rings is 2. The Morgan fingerprint density at radius 1 is 0.607 bits per heavy atom. The molecule has 0 aromatic heterocycles. The van der Waals surface area contributed by atoms with E-state index >= 15 is 0 Å². The third-order valence-corrected chi connectivity index (χ3v) is 3.39. The summed E-state index contributed by atoms with van der Waals surface area (Å²) < 4.78 is 28.4. The van der Waals surface area contributed by atoms with Gasteiger partial charge in [-0.25, -0.2) is 0 Å². The second-order valence-corrected chi connectivity index (χ2v) is 5.16. The molecule has 0 bridgehead atoms. The number of hydrogen-bond acceptors (Lipinski definition) is 7. The lowest BCUT2D eigenvalue weighted by molar-refractivity contribution is 0.0754. The Morgan fingerprint density at radius 3 is 1.57 bits per heavy atom. The first kappa shape index (κ1) is 25.9. The van der Waals surface area contributed by atoms with Crippen LogP contribution in [0, 0.1) is 0 Å². The van der Waals surface area contributed by atoms with Crippen molar-refractivity contribution in [1.82, 2.24) is 0 Å². The quantitative estimate of drug-likeness (QED) is 0.614. The normalized spacial score (nSPS) is 13.8. The standard InChI is InChI=1S/C18H21NO5.CH5N.2ClH/c19-14-5-6-17-18(13-14)24-10-8-20-7-9-21-15-3-1-2-4-16(15)22-11-12-23-17;1-2;;/h1-6,13H,7-12,19H2;2H2,1H3;2*1H. The Labute approximate surface area is 178 Å². The number of halogens is 2. The molecule has 1 aliphatic heterocycles. The molecule has 0 radical (unpaired) electrons. The summed E-state index contributed by atoms with van der Waals surface area (Å²) in [5.41, 5.74) is 10.9. The van der Waals surface area contributed by atoms with Gasteiger partial charge in [0.25, 0.3) is 0 Å². The van der Waals surface area contributed by atoms with Gasteiger partial charge in [-0.05, 0) is 31.3 Å². The molecule has 0 aliphatic carbocycles. The molecule has 0 unspecified atom stereocenters. The van der Waals surface area contributed by atoms with E-state index in [0.717, 1.165) is 0 Å². The number of anilines is 1. The number of rotatable bonds is 0. The SMILES string of the molecule is CN.Cl.Cl.Nc1ccc2c(c1)OCCOCCOc1ccccc1OCCO2. The third kappa shape index (κ3) is 8.31. The Balaban J connectivity index is 0.00000177. The number of ether oxygens (including phenoxy) is 5. The smallest absolute Gasteiger partial charge is 0.163 e. The molecule has 0 saturated heterocycles. The minimum Gasteiger partial charge on any atom is -0.487 e. The van der Waals surface area contributed by atoms with Crippen molar-refractivity contribution in [3.63, 3.8) is 0 Å². The average Bonchev–Trinajstić information content (AvgIpc) is 2.68. The molecular formula is C19H28Cl2N2O5. The van der Waals surface area contributed by atoms with Gasteiger partial charge in [-0.3, -0.25) is 0 Å². The van der Waals surface area contributed by atoms with E-state index < -0.39 is 0 Å². The first-order chi connectivity index (χ1) is 12.8. The fourth-order valence-electron chi connectivity index (χ4n) is 2.27. The molecule has 0 saturated carbocycles. The van der Waals surface area contributed by atoms with Crippen molar-refractivity contribution in [2.75, 3.05) is 52.4 Å². The van der Waals surface area contributed by atoms with Gasteiger partial charge in [-0.1, -0.05) is 12.1 Å². The Kier molecular flexibility index (Phi) is 13.8. The van der Waals surface area contributed by atoms with Gasteiger partial charge in [-0.15, -0.1) is 24.8 Å². The van der Waals surface area contributed by atoms with Crippen LogP contribution in [0.4, 0.5) is 5.69 Å². The van der Waals surface area contributed by atoms with E-state index in [0.29, 0.717) is 68.3 Å². The lowest BCUT2D eigenvalue weighted by atomic mass is 10.3. The largest absolute Gasteiger partial charge is 0.487 e. The van der Waals surface area contributed by atoms with Crippen molar-refractivity contribution in [2.24, 2.45) is 5.73 Å². The van der Waals surface area contributed by atoms with E-state index in [1.807, 2.05) is 24.3 Å². The van der Waals surface area contributed by atoms with Crippen LogP contribution in [0.15, 0.2) is 42.5 Å². The van der Waals surface area contributed by atoms with Crippen LogP contribution in [-0.4, -0.2) is 46.7 Å². The average molecular weight is 435 g/mol. The van der Waals surface area contributed by atoms with Crippen LogP contribution < -0.4 is 30.4 Å². The Morgan fingerprint density at radius 2 is 1.04 bits per heavy atom. The summed E-state index contributed by atoms with van der Waals surface area (Å²) in [4.78, 5) is 0. The van der Waals surface area contributed by atoms with Gasteiger partial charge in [0.05, 0.1) is 13.2 Å². The number of nitrogens with two attached hydrogens (primary N) is 2. The summed E-state index contributed by atoms with van der Waals surface area (Å²) in [6.45, 7) is 2.55. The molecule has 7 nitrogen and oxygen atoms in total. The highest BCUT2D eigenvalue weighted by molar-refractivity contribution is 5.85. The maximum Gasteiger partial charge on any atom is 0.163 e. The number of fused-ring (bicyclic) bond motifs is 2. The second-order valence-electron chi connectivity index (χ2n) is 5.16. The predicted octanol–water partition coefficient (Wildman–Crippen LogP) is 2.93. The summed E-state index contributed by atoms with van der Waals surface area (Å²) in [6.07, 6.45) is 0. The molecule has 2 aromatic carbocycles. The Bertz CT molecular complexity index is 677. The highest BCUT2D eigenvalue weighted by Gasteiger charge is 2.08. The molecule has 0 fully saturated rings. The van der Waals surface area contributed by atoms with Crippen molar-refractivity contribution < 1.29 is 23.7 Å². The first-order valence-electron chi connectivity index (χ1n) is 8.48. The van der Waals surface area contributed by atoms with E-state index in [1.165, 1.54) is 7.05 Å². The number of hydrogen-bond donors (Lipinski definition) is 2. The van der Waals surface area contributed by atoms with Gasteiger partial charge in [-0.2, -0.15) is 0 Å². The second kappa shape index (κ2) is 14.9. The highest BCUT2D eigenvalue weighted by Crippen LogP contribution is 2.30. The van der Waals surface area contributed by atoms with Gasteiger partial charge < -0.3 is 35.2 Å². The number of nitrogen functional groups attached to an aromatic ring is 1. The summed E-state index contributed by atoms with van der Waals surface area (Å²) >= 11 is 0. The molecule has 0 atom stereocenters. The molecule has 1 aliphatic rings. The van der Waals surface area contributed by atoms with Crippen molar-refractivity contribution in [1.29, 1.82) is 0 Å². The predicted molar refractivity (Wildman–Crippen MR) is 115 cm³/mol. The van der Waals surface area contributed by atoms with Crippen molar-refractivity contribution >= 4 is 30.5 Å². The minimum absolute atomic E-state index is 0. The lowest BCUT2D eigenvalue weighted by Gasteiger charge is -2.14. The molecule has 4 N–H and O–H groups in total. The fraction of sp³-hybridized carbons (Fsp3) is 0.368. The molecule has 0 spiro atoms. The first-order valence-corrected chi connectivity index (χ1v) is 8.48. The fourth-order valence-corrected chi connectivity index (χ4v) is 2.27. The van der Waals surface area contributed by atoms with Crippen molar-refractivity contribution in [3.05, 3.63) is 42.5 Å². The maximum absolute atomic E-state index is 5.81. The van der Waals surface area contributed by atoms with Crippen LogP contribution in [0.2, 0.25) is 0 Å². The Hall–Kier alpha value is -2.06. The molecule has 158 valence electrons. The highest BCUT2D eigenvalue weighted by atomic mass is 35.5. The third-order valence-electron chi connectivity index (χ3n) is 3.39.